The van der Waals surface area contributed by atoms with Crippen LogP contribution in [-0.2, 0) is 17.1 Å². The second-order valence-corrected chi connectivity index (χ2v) is 5.78. The Hall–Kier alpha value is -1.73. The molecule has 1 aromatic heterocycles. The first-order chi connectivity index (χ1) is 8.38. The predicted octanol–water partition coefficient (Wildman–Crippen LogP) is 1.46. The molecule has 96 valence electrons. The Balaban J connectivity index is 2.33. The van der Waals surface area contributed by atoms with Gasteiger partial charge in [-0.25, -0.2) is 8.42 Å². The first-order valence-corrected chi connectivity index (χ1v) is 6.81. The number of rotatable bonds is 3. The highest BCUT2D eigenvalue weighted by molar-refractivity contribution is 7.92. The van der Waals surface area contributed by atoms with Gasteiger partial charge < -0.3 is 5.73 Å². The van der Waals surface area contributed by atoms with Crippen LogP contribution in [0.4, 0.5) is 11.4 Å². The number of halogens is 1. The molecule has 2 rings (SSSR count). The number of hydrogen-bond donors (Lipinski definition) is 2. The highest BCUT2D eigenvalue weighted by Gasteiger charge is 2.17. The second-order valence-electron chi connectivity index (χ2n) is 3.69. The fourth-order valence-corrected chi connectivity index (χ4v) is 2.71. The third-order valence-electron chi connectivity index (χ3n) is 2.23. The number of nitrogens with one attached hydrogen (secondary N) is 1. The number of anilines is 2. The van der Waals surface area contributed by atoms with Crippen molar-refractivity contribution >= 4 is 33.0 Å². The number of nitrogens with zero attached hydrogens (tertiary/aromatic N) is 2. The highest BCUT2D eigenvalue weighted by atomic mass is 35.5. The third-order valence-corrected chi connectivity index (χ3v) is 3.86. The summed E-state index contributed by atoms with van der Waals surface area (Å²) in [6.45, 7) is 0. The first-order valence-electron chi connectivity index (χ1n) is 4.95. The summed E-state index contributed by atoms with van der Waals surface area (Å²) in [4.78, 5) is 0.0675. The average molecular weight is 287 g/mol. The van der Waals surface area contributed by atoms with E-state index in [9.17, 15) is 8.42 Å². The summed E-state index contributed by atoms with van der Waals surface area (Å²) >= 11 is 5.90. The van der Waals surface area contributed by atoms with Gasteiger partial charge in [0.2, 0.25) is 0 Å². The highest BCUT2D eigenvalue weighted by Crippen LogP contribution is 2.26. The molecule has 1 aromatic carbocycles. The van der Waals surface area contributed by atoms with Gasteiger partial charge in [-0.1, -0.05) is 11.6 Å². The molecule has 0 aliphatic rings. The van der Waals surface area contributed by atoms with Crippen LogP contribution in [0, 0.1) is 0 Å². The molecule has 0 atom stereocenters. The minimum Gasteiger partial charge on any atom is -0.399 e. The van der Waals surface area contributed by atoms with Crippen molar-refractivity contribution in [2.24, 2.45) is 7.05 Å². The van der Waals surface area contributed by atoms with Gasteiger partial charge in [0, 0.05) is 18.9 Å². The van der Waals surface area contributed by atoms with Crippen LogP contribution in [0.3, 0.4) is 0 Å². The van der Waals surface area contributed by atoms with Crippen molar-refractivity contribution in [2.75, 3.05) is 10.5 Å². The van der Waals surface area contributed by atoms with Crippen molar-refractivity contribution in [1.29, 1.82) is 0 Å². The van der Waals surface area contributed by atoms with E-state index in [1.807, 2.05) is 0 Å². The van der Waals surface area contributed by atoms with Crippen LogP contribution in [0.1, 0.15) is 0 Å². The molecule has 8 heteroatoms. The summed E-state index contributed by atoms with van der Waals surface area (Å²) < 4.78 is 27.8. The monoisotopic (exact) mass is 286 g/mol. The molecule has 0 saturated carbocycles. The first kappa shape index (κ1) is 12.7. The molecule has 0 unspecified atom stereocenters. The zero-order chi connectivity index (χ0) is 13.3. The second kappa shape index (κ2) is 4.51. The van der Waals surface area contributed by atoms with Crippen LogP contribution in [0.25, 0.3) is 0 Å². The van der Waals surface area contributed by atoms with E-state index in [-0.39, 0.29) is 15.6 Å². The minimum atomic E-state index is -3.69. The summed E-state index contributed by atoms with van der Waals surface area (Å²) in [5.41, 5.74) is 6.27. The topological polar surface area (TPSA) is 90.0 Å². The van der Waals surface area contributed by atoms with Crippen molar-refractivity contribution in [2.45, 2.75) is 4.90 Å². The lowest BCUT2D eigenvalue weighted by Crippen LogP contribution is -2.12. The van der Waals surface area contributed by atoms with Gasteiger partial charge in [-0.2, -0.15) is 5.10 Å². The van der Waals surface area contributed by atoms with Gasteiger partial charge in [-0.15, -0.1) is 0 Å². The molecule has 0 bridgehead atoms. The van der Waals surface area contributed by atoms with Gasteiger partial charge in [0.1, 0.15) is 4.90 Å². The molecule has 18 heavy (non-hydrogen) atoms. The Morgan fingerprint density at radius 2 is 2.17 bits per heavy atom. The molecule has 2 aromatic rings. The van der Waals surface area contributed by atoms with Crippen LogP contribution >= 0.6 is 11.6 Å². The van der Waals surface area contributed by atoms with Crippen LogP contribution in [0.5, 0.6) is 0 Å². The molecule has 0 radical (unpaired) electrons. The Bertz CT molecular complexity index is 681. The number of sulfonamides is 1. The fraction of sp³-hybridized carbons (Fsp3) is 0.100. The zero-order valence-corrected chi connectivity index (χ0v) is 11.0. The SMILES string of the molecule is Cn1cc(S(=O)(=O)Nc2ccc(N)cc2Cl)cn1. The number of hydrogen-bond acceptors (Lipinski definition) is 4. The van der Waals surface area contributed by atoms with Crippen molar-refractivity contribution in [3.63, 3.8) is 0 Å². The molecule has 0 aliphatic heterocycles. The van der Waals surface area contributed by atoms with E-state index in [0.717, 1.165) is 0 Å². The average Bonchev–Trinajstić information content (AvgIpc) is 2.70. The molecule has 1 heterocycles. The normalized spacial score (nSPS) is 11.4. The van der Waals surface area contributed by atoms with Crippen LogP contribution in [-0.4, -0.2) is 18.2 Å². The molecule has 3 N–H and O–H groups in total. The van der Waals surface area contributed by atoms with Crippen LogP contribution in [0.15, 0.2) is 35.5 Å². The van der Waals surface area contributed by atoms with E-state index < -0.39 is 10.0 Å². The molecule has 6 nitrogen and oxygen atoms in total. The molecule has 0 spiro atoms. The number of nitrogens with two attached hydrogens (primary N) is 1. The standard InChI is InChI=1S/C10H11ClN4O2S/c1-15-6-8(5-13-15)18(16,17)14-10-3-2-7(12)4-9(10)11/h2-6,14H,12H2,1H3. The van der Waals surface area contributed by atoms with Crippen molar-refractivity contribution < 1.29 is 8.42 Å². The number of aromatic nitrogens is 2. The maximum Gasteiger partial charge on any atom is 0.265 e. The third kappa shape index (κ3) is 2.57. The summed E-state index contributed by atoms with van der Waals surface area (Å²) in [6.07, 6.45) is 2.65. The molecular weight excluding hydrogens is 276 g/mol. The van der Waals surface area contributed by atoms with Gasteiger partial charge in [0.05, 0.1) is 16.9 Å². The lowest BCUT2D eigenvalue weighted by atomic mass is 10.3. The minimum absolute atomic E-state index is 0.0675. The van der Waals surface area contributed by atoms with Crippen molar-refractivity contribution in [3.8, 4) is 0 Å². The van der Waals surface area contributed by atoms with E-state index in [0.29, 0.717) is 5.69 Å². The summed E-state index contributed by atoms with van der Waals surface area (Å²) in [7, 11) is -2.05. The van der Waals surface area contributed by atoms with E-state index >= 15 is 0 Å². The van der Waals surface area contributed by atoms with Crippen molar-refractivity contribution in [3.05, 3.63) is 35.6 Å². The van der Waals surface area contributed by atoms with Gasteiger partial charge >= 0.3 is 0 Å². The molecule has 0 saturated heterocycles. The largest absolute Gasteiger partial charge is 0.399 e. The molecule has 0 aliphatic carbocycles. The molecular formula is C10H11ClN4O2S. The number of nitrogen functional groups attached to an aromatic ring is 1. The van der Waals surface area contributed by atoms with Crippen LogP contribution < -0.4 is 10.5 Å². The van der Waals surface area contributed by atoms with Crippen LogP contribution in [0.2, 0.25) is 5.02 Å². The zero-order valence-electron chi connectivity index (χ0n) is 9.46. The molecule has 0 amide bonds. The summed E-state index contributed by atoms with van der Waals surface area (Å²) in [5, 5.41) is 4.04. The van der Waals surface area contributed by atoms with E-state index in [2.05, 4.69) is 9.82 Å². The maximum absolute atomic E-state index is 12.0. The Morgan fingerprint density at radius 1 is 1.44 bits per heavy atom. The Morgan fingerprint density at radius 3 is 2.72 bits per heavy atom. The Labute approximate surface area is 109 Å². The number of aryl methyl sites for hydroxylation is 1. The van der Waals surface area contributed by atoms with E-state index in [4.69, 9.17) is 17.3 Å². The maximum atomic E-state index is 12.0. The summed E-state index contributed by atoms with van der Waals surface area (Å²) in [6, 6.07) is 4.54. The predicted molar refractivity (Wildman–Crippen MR) is 69.9 cm³/mol. The van der Waals surface area contributed by atoms with Gasteiger partial charge in [-0.05, 0) is 18.2 Å². The number of benzene rings is 1. The lowest BCUT2D eigenvalue weighted by Gasteiger charge is -2.08. The quantitative estimate of drug-likeness (QED) is 0.836. The lowest BCUT2D eigenvalue weighted by molar-refractivity contribution is 0.601. The van der Waals surface area contributed by atoms with Crippen molar-refractivity contribution in [1.82, 2.24) is 9.78 Å². The van der Waals surface area contributed by atoms with Gasteiger partial charge in [0.25, 0.3) is 10.0 Å². The van der Waals surface area contributed by atoms with E-state index in [1.165, 1.54) is 29.2 Å². The fourth-order valence-electron chi connectivity index (χ4n) is 1.36. The molecule has 0 fully saturated rings. The van der Waals surface area contributed by atoms with E-state index in [1.54, 1.807) is 13.1 Å². The van der Waals surface area contributed by atoms with Gasteiger partial charge in [0.15, 0.2) is 0 Å². The summed E-state index contributed by atoms with van der Waals surface area (Å²) in [5.74, 6) is 0. The van der Waals surface area contributed by atoms with Gasteiger partial charge in [-0.3, -0.25) is 9.40 Å². The smallest absolute Gasteiger partial charge is 0.265 e. The Kier molecular flexibility index (Phi) is 3.18.